The molecule has 3 rings (SSSR count). The molecule has 1 aliphatic carbocycles. The number of carbonyl (C=O) groups is 2. The summed E-state index contributed by atoms with van der Waals surface area (Å²) in [6.45, 7) is 1.82. The van der Waals surface area contributed by atoms with Gasteiger partial charge in [-0.1, -0.05) is 48.0 Å². The van der Waals surface area contributed by atoms with E-state index in [2.05, 4.69) is 10.6 Å². The smallest absolute Gasteiger partial charge is 0.405 e. The summed E-state index contributed by atoms with van der Waals surface area (Å²) >= 11 is 5.89. The van der Waals surface area contributed by atoms with Crippen molar-refractivity contribution in [3.63, 3.8) is 0 Å². The van der Waals surface area contributed by atoms with Gasteiger partial charge < -0.3 is 15.7 Å². The summed E-state index contributed by atoms with van der Waals surface area (Å²) < 4.78 is 0. The molecule has 0 heterocycles. The number of hydrogen-bond acceptors (Lipinski definition) is 2. The Labute approximate surface area is 151 Å². The van der Waals surface area contributed by atoms with Crippen molar-refractivity contribution in [2.45, 2.75) is 31.3 Å². The molecule has 0 saturated heterocycles. The van der Waals surface area contributed by atoms with Crippen LogP contribution in [0.5, 0.6) is 0 Å². The van der Waals surface area contributed by atoms with Gasteiger partial charge in [0.05, 0.1) is 18.0 Å². The molecule has 3 N–H and O–H groups in total. The van der Waals surface area contributed by atoms with Gasteiger partial charge in [-0.25, -0.2) is 4.79 Å². The Morgan fingerprint density at radius 2 is 1.80 bits per heavy atom. The molecule has 1 unspecified atom stereocenters. The number of benzene rings is 2. The van der Waals surface area contributed by atoms with Gasteiger partial charge in [-0.3, -0.25) is 4.79 Å². The molecule has 0 aromatic heterocycles. The summed E-state index contributed by atoms with van der Waals surface area (Å²) in [7, 11) is 0. The van der Waals surface area contributed by atoms with Crippen LogP contribution in [0.25, 0.3) is 0 Å². The monoisotopic (exact) mass is 358 g/mol. The van der Waals surface area contributed by atoms with Crippen molar-refractivity contribution >= 4 is 23.6 Å². The van der Waals surface area contributed by atoms with Gasteiger partial charge >= 0.3 is 6.09 Å². The highest BCUT2D eigenvalue weighted by Crippen LogP contribution is 2.32. The number of fused-ring (bicyclic) bond motifs is 1. The summed E-state index contributed by atoms with van der Waals surface area (Å²) in [6, 6.07) is 14.0. The Morgan fingerprint density at radius 1 is 1.12 bits per heavy atom. The number of nitrogens with one attached hydrogen (secondary N) is 2. The molecule has 3 atom stereocenters. The second-order valence-corrected chi connectivity index (χ2v) is 6.65. The predicted molar refractivity (Wildman–Crippen MR) is 95.8 cm³/mol. The summed E-state index contributed by atoms with van der Waals surface area (Å²) in [4.78, 5) is 23.8. The van der Waals surface area contributed by atoms with Crippen LogP contribution >= 0.6 is 11.6 Å². The normalized spacial score (nSPS) is 19.8. The van der Waals surface area contributed by atoms with Gasteiger partial charge in [-0.2, -0.15) is 0 Å². The van der Waals surface area contributed by atoms with Crippen LogP contribution in [0.2, 0.25) is 5.02 Å². The Kier molecular flexibility index (Phi) is 4.95. The molecule has 2 amide bonds. The quantitative estimate of drug-likeness (QED) is 0.782. The molecule has 0 aliphatic heterocycles. The molecule has 1 aliphatic rings. The van der Waals surface area contributed by atoms with Gasteiger partial charge in [0.1, 0.15) is 0 Å². The summed E-state index contributed by atoms with van der Waals surface area (Å²) in [6.07, 6.45) is -0.507. The van der Waals surface area contributed by atoms with E-state index < -0.39 is 12.1 Å². The van der Waals surface area contributed by atoms with Gasteiger partial charge in [0.25, 0.3) is 0 Å². The third kappa shape index (κ3) is 3.77. The molecular weight excluding hydrogens is 340 g/mol. The second-order valence-electron chi connectivity index (χ2n) is 6.22. The van der Waals surface area contributed by atoms with Crippen LogP contribution in [0, 0.1) is 0 Å². The molecule has 0 saturated carbocycles. The lowest BCUT2D eigenvalue weighted by Crippen LogP contribution is -2.45. The fraction of sp³-hybridized carbons (Fsp3) is 0.263. The van der Waals surface area contributed by atoms with Gasteiger partial charge in [-0.15, -0.1) is 0 Å². The minimum atomic E-state index is -1.10. The van der Waals surface area contributed by atoms with Crippen molar-refractivity contribution in [3.8, 4) is 0 Å². The lowest BCUT2D eigenvalue weighted by molar-refractivity contribution is -0.123. The zero-order chi connectivity index (χ0) is 18.0. The first kappa shape index (κ1) is 17.3. The topological polar surface area (TPSA) is 78.4 Å². The first-order valence-corrected chi connectivity index (χ1v) is 8.46. The van der Waals surface area contributed by atoms with Crippen LogP contribution in [-0.4, -0.2) is 23.1 Å². The molecule has 2 aromatic rings. The maximum atomic E-state index is 12.6. The van der Waals surface area contributed by atoms with E-state index in [-0.39, 0.29) is 17.9 Å². The molecule has 0 bridgehead atoms. The minimum absolute atomic E-state index is 0.141. The van der Waals surface area contributed by atoms with Crippen LogP contribution in [0.1, 0.15) is 35.6 Å². The van der Waals surface area contributed by atoms with E-state index in [1.807, 2.05) is 43.3 Å². The zero-order valence-corrected chi connectivity index (χ0v) is 14.5. The van der Waals surface area contributed by atoms with Crippen molar-refractivity contribution in [1.29, 1.82) is 0 Å². The first-order chi connectivity index (χ1) is 12.0. The predicted octanol–water partition coefficient (Wildman–Crippen LogP) is 3.49. The van der Waals surface area contributed by atoms with Crippen molar-refractivity contribution < 1.29 is 14.7 Å². The van der Waals surface area contributed by atoms with Crippen molar-refractivity contribution in [1.82, 2.24) is 10.6 Å². The lowest BCUT2D eigenvalue weighted by Gasteiger charge is -2.23. The highest BCUT2D eigenvalue weighted by Gasteiger charge is 2.35. The average molecular weight is 359 g/mol. The Morgan fingerprint density at radius 3 is 2.48 bits per heavy atom. The number of rotatable bonds is 4. The molecule has 0 radical (unpaired) electrons. The molecule has 0 fully saturated rings. The van der Waals surface area contributed by atoms with Crippen LogP contribution in [0.3, 0.4) is 0 Å². The maximum absolute atomic E-state index is 12.6. The standard InChI is InChI=1S/C19H19ClN2O3/c1-11(12-6-8-14(20)9-7-12)18(23)21-16-10-13-4-2-3-5-15(13)17(16)22-19(24)25/h2-9,11,16-17,22H,10H2,1H3,(H,21,23)(H,24,25)/t11?,16-,17-/m0/s1. The molecule has 5 nitrogen and oxygen atoms in total. The lowest BCUT2D eigenvalue weighted by atomic mass is 9.99. The summed E-state index contributed by atoms with van der Waals surface area (Å²) in [5.41, 5.74) is 2.82. The minimum Gasteiger partial charge on any atom is -0.465 e. The fourth-order valence-electron chi connectivity index (χ4n) is 3.25. The SMILES string of the molecule is CC(C(=O)N[C@H]1Cc2ccccc2[C@@H]1NC(=O)O)c1ccc(Cl)cc1. The van der Waals surface area contributed by atoms with Crippen LogP contribution < -0.4 is 10.6 Å². The van der Waals surface area contributed by atoms with E-state index in [1.165, 1.54) is 0 Å². The average Bonchev–Trinajstić information content (AvgIpc) is 2.92. The first-order valence-electron chi connectivity index (χ1n) is 8.09. The zero-order valence-electron chi connectivity index (χ0n) is 13.7. The van der Waals surface area contributed by atoms with Gasteiger partial charge in [0.15, 0.2) is 0 Å². The van der Waals surface area contributed by atoms with Crippen LogP contribution in [0.4, 0.5) is 4.79 Å². The van der Waals surface area contributed by atoms with E-state index in [1.54, 1.807) is 12.1 Å². The molecule has 130 valence electrons. The molecule has 25 heavy (non-hydrogen) atoms. The van der Waals surface area contributed by atoms with Crippen molar-refractivity contribution in [2.75, 3.05) is 0 Å². The highest BCUT2D eigenvalue weighted by atomic mass is 35.5. The van der Waals surface area contributed by atoms with Crippen molar-refractivity contribution in [3.05, 3.63) is 70.2 Å². The van der Waals surface area contributed by atoms with Gasteiger partial charge in [0.2, 0.25) is 5.91 Å². The number of amides is 2. The van der Waals surface area contributed by atoms with E-state index in [4.69, 9.17) is 16.7 Å². The molecule has 2 aromatic carbocycles. The second kappa shape index (κ2) is 7.15. The third-order valence-corrected chi connectivity index (χ3v) is 4.85. The molecule has 6 heteroatoms. The highest BCUT2D eigenvalue weighted by molar-refractivity contribution is 6.30. The summed E-state index contributed by atoms with van der Waals surface area (Å²) in [5, 5.41) is 15.3. The van der Waals surface area contributed by atoms with Gasteiger partial charge in [0, 0.05) is 5.02 Å². The van der Waals surface area contributed by atoms with Crippen LogP contribution in [-0.2, 0) is 11.2 Å². The molecule has 0 spiro atoms. The van der Waals surface area contributed by atoms with E-state index >= 15 is 0 Å². The Balaban J connectivity index is 1.75. The summed E-state index contributed by atoms with van der Waals surface area (Å²) in [5.74, 6) is -0.497. The van der Waals surface area contributed by atoms with Crippen molar-refractivity contribution in [2.24, 2.45) is 0 Å². The molecular formula is C19H19ClN2O3. The van der Waals surface area contributed by atoms with Crippen LogP contribution in [0.15, 0.2) is 48.5 Å². The Bertz CT molecular complexity index is 792. The fourth-order valence-corrected chi connectivity index (χ4v) is 3.38. The third-order valence-electron chi connectivity index (χ3n) is 4.60. The number of carbonyl (C=O) groups excluding carboxylic acids is 1. The number of halogens is 1. The largest absolute Gasteiger partial charge is 0.465 e. The van der Waals surface area contributed by atoms with E-state index in [0.717, 1.165) is 16.7 Å². The number of hydrogen-bond donors (Lipinski definition) is 3. The number of carboxylic acid groups (broad SMARTS) is 1. The maximum Gasteiger partial charge on any atom is 0.405 e. The van der Waals surface area contributed by atoms with E-state index in [9.17, 15) is 9.59 Å². The van der Waals surface area contributed by atoms with E-state index in [0.29, 0.717) is 11.4 Å². The Hall–Kier alpha value is -2.53. The van der Waals surface area contributed by atoms with Gasteiger partial charge in [-0.05, 0) is 42.2 Å².